The number of carbonyl (C=O) groups is 1. The van der Waals surface area contributed by atoms with Gasteiger partial charge in [-0.2, -0.15) is 0 Å². The number of benzene rings is 2. The van der Waals surface area contributed by atoms with E-state index in [0.717, 1.165) is 19.6 Å². The van der Waals surface area contributed by atoms with Gasteiger partial charge in [0.05, 0.1) is 17.3 Å². The first-order valence-electron chi connectivity index (χ1n) is 9.78. The molecule has 1 aliphatic rings. The third kappa shape index (κ3) is 5.44. The van der Waals surface area contributed by atoms with E-state index in [4.69, 9.17) is 4.74 Å². The number of sulfone groups is 1. The lowest BCUT2D eigenvalue weighted by Crippen LogP contribution is -2.48. The van der Waals surface area contributed by atoms with Crippen LogP contribution in [0.15, 0.2) is 53.4 Å². The molecule has 1 aliphatic heterocycles. The zero-order valence-electron chi connectivity index (χ0n) is 17.0. The maximum Gasteiger partial charge on any atom is 0.253 e. The van der Waals surface area contributed by atoms with Crippen LogP contribution < -0.4 is 0 Å². The molecule has 0 radical (unpaired) electrons. The fourth-order valence-corrected chi connectivity index (χ4v) is 4.61. The molecule has 6 nitrogen and oxygen atoms in total. The summed E-state index contributed by atoms with van der Waals surface area (Å²) in [7, 11) is -1.92. The molecule has 0 aliphatic carbocycles. The summed E-state index contributed by atoms with van der Waals surface area (Å²) in [6.45, 7) is 6.14. The molecule has 3 rings (SSSR count). The minimum Gasteiger partial charge on any atom is -0.384 e. The van der Waals surface area contributed by atoms with E-state index >= 15 is 0 Å². The Bertz CT molecular complexity index is 934. The molecule has 2 aromatic rings. The van der Waals surface area contributed by atoms with Crippen LogP contribution >= 0.6 is 0 Å². The molecule has 7 heteroatoms. The van der Waals surface area contributed by atoms with E-state index in [1.807, 2.05) is 11.0 Å². The zero-order chi connectivity index (χ0) is 20.9. The van der Waals surface area contributed by atoms with Crippen molar-refractivity contribution in [1.82, 2.24) is 9.80 Å². The van der Waals surface area contributed by atoms with E-state index in [2.05, 4.69) is 30.0 Å². The molecular formula is C22H28N2O4S. The van der Waals surface area contributed by atoms with Crippen molar-refractivity contribution in [3.05, 3.63) is 65.2 Å². The van der Waals surface area contributed by atoms with E-state index in [1.54, 1.807) is 12.1 Å². The van der Waals surface area contributed by atoms with Gasteiger partial charge in [0.2, 0.25) is 0 Å². The number of aryl methyl sites for hydroxylation is 1. The van der Waals surface area contributed by atoms with Crippen molar-refractivity contribution >= 4 is 15.7 Å². The molecule has 2 aromatic carbocycles. The molecule has 0 N–H and O–H groups in total. The van der Waals surface area contributed by atoms with Crippen LogP contribution in [-0.4, -0.2) is 69.8 Å². The van der Waals surface area contributed by atoms with E-state index in [-0.39, 0.29) is 23.2 Å². The van der Waals surface area contributed by atoms with Crippen molar-refractivity contribution in [2.75, 3.05) is 45.6 Å². The number of nitrogens with zero attached hydrogens (tertiary/aromatic N) is 2. The second kappa shape index (κ2) is 9.52. The topological polar surface area (TPSA) is 66.9 Å². The number of hydrogen-bond acceptors (Lipinski definition) is 5. The van der Waals surface area contributed by atoms with E-state index in [1.165, 1.54) is 30.4 Å². The lowest BCUT2D eigenvalue weighted by molar-refractivity contribution is 0.0628. The number of hydrogen-bond donors (Lipinski definition) is 0. The second-order valence-electron chi connectivity index (χ2n) is 7.33. The second-order valence-corrected chi connectivity index (χ2v) is 9.44. The molecule has 0 aromatic heterocycles. The standard InChI is InChI=1S/C22H28N2O4S/c1-18-5-3-4-6-20(18)17-23-11-13-24(14-12-23)22(25)19-7-9-21(10-8-19)29(26,27)16-15-28-2/h3-10H,11-17H2,1-2H3. The van der Waals surface area contributed by atoms with Crippen molar-refractivity contribution in [3.8, 4) is 0 Å². The average Bonchev–Trinajstić information content (AvgIpc) is 2.74. The van der Waals surface area contributed by atoms with Gasteiger partial charge in [0, 0.05) is 45.4 Å². The maximum atomic E-state index is 12.8. The van der Waals surface area contributed by atoms with Gasteiger partial charge in [0.25, 0.3) is 5.91 Å². The fourth-order valence-electron chi connectivity index (χ4n) is 3.44. The first kappa shape index (κ1) is 21.5. The molecule has 0 unspecified atom stereocenters. The number of amides is 1. The van der Waals surface area contributed by atoms with E-state index in [9.17, 15) is 13.2 Å². The highest BCUT2D eigenvalue weighted by atomic mass is 32.2. The lowest BCUT2D eigenvalue weighted by Gasteiger charge is -2.35. The average molecular weight is 417 g/mol. The van der Waals surface area contributed by atoms with Crippen molar-refractivity contribution in [2.45, 2.75) is 18.4 Å². The molecule has 1 fully saturated rings. The Morgan fingerprint density at radius 3 is 2.28 bits per heavy atom. The number of methoxy groups -OCH3 is 1. The Morgan fingerprint density at radius 2 is 1.66 bits per heavy atom. The first-order valence-corrected chi connectivity index (χ1v) is 11.4. The number of carbonyl (C=O) groups excluding carboxylic acids is 1. The van der Waals surface area contributed by atoms with Gasteiger partial charge in [0.1, 0.15) is 0 Å². The van der Waals surface area contributed by atoms with Crippen LogP contribution in [0.5, 0.6) is 0 Å². The van der Waals surface area contributed by atoms with Gasteiger partial charge < -0.3 is 9.64 Å². The molecule has 0 saturated carbocycles. The van der Waals surface area contributed by atoms with Gasteiger partial charge in [-0.3, -0.25) is 9.69 Å². The van der Waals surface area contributed by atoms with Gasteiger partial charge in [-0.1, -0.05) is 24.3 Å². The summed E-state index contributed by atoms with van der Waals surface area (Å²) < 4.78 is 29.3. The summed E-state index contributed by atoms with van der Waals surface area (Å²) in [4.78, 5) is 17.2. The monoisotopic (exact) mass is 416 g/mol. The molecule has 0 atom stereocenters. The van der Waals surface area contributed by atoms with Crippen LogP contribution in [0.2, 0.25) is 0 Å². The Balaban J connectivity index is 1.57. The third-order valence-corrected chi connectivity index (χ3v) is 7.03. The summed E-state index contributed by atoms with van der Waals surface area (Å²) in [6.07, 6.45) is 0. The van der Waals surface area contributed by atoms with Crippen molar-refractivity contribution < 1.29 is 17.9 Å². The highest BCUT2D eigenvalue weighted by Crippen LogP contribution is 2.16. The van der Waals surface area contributed by atoms with Crippen molar-refractivity contribution in [2.24, 2.45) is 0 Å². The van der Waals surface area contributed by atoms with Gasteiger partial charge >= 0.3 is 0 Å². The minimum atomic E-state index is -3.39. The highest BCUT2D eigenvalue weighted by Gasteiger charge is 2.23. The summed E-state index contributed by atoms with van der Waals surface area (Å²) in [6, 6.07) is 14.6. The molecular weight excluding hydrogens is 388 g/mol. The summed E-state index contributed by atoms with van der Waals surface area (Å²) in [5, 5.41) is 0. The van der Waals surface area contributed by atoms with Crippen LogP contribution in [0.1, 0.15) is 21.5 Å². The van der Waals surface area contributed by atoms with Crippen LogP contribution in [0.3, 0.4) is 0 Å². The molecule has 156 valence electrons. The molecule has 0 spiro atoms. The summed E-state index contributed by atoms with van der Waals surface area (Å²) >= 11 is 0. The SMILES string of the molecule is COCCS(=O)(=O)c1ccc(C(=O)N2CCN(Cc3ccccc3C)CC2)cc1. The third-order valence-electron chi connectivity index (χ3n) is 5.33. The lowest BCUT2D eigenvalue weighted by atomic mass is 10.1. The quantitative estimate of drug-likeness (QED) is 0.693. The number of rotatable bonds is 7. The smallest absolute Gasteiger partial charge is 0.253 e. The molecule has 1 amide bonds. The van der Waals surface area contributed by atoms with Gasteiger partial charge in [0.15, 0.2) is 9.84 Å². The molecule has 1 heterocycles. The molecule has 1 saturated heterocycles. The number of piperazine rings is 1. The van der Waals surface area contributed by atoms with Crippen LogP contribution in [0.25, 0.3) is 0 Å². The van der Waals surface area contributed by atoms with Gasteiger partial charge in [-0.25, -0.2) is 8.42 Å². The fraction of sp³-hybridized carbons (Fsp3) is 0.409. The van der Waals surface area contributed by atoms with Gasteiger partial charge in [-0.05, 0) is 42.3 Å². The van der Waals surface area contributed by atoms with Crippen LogP contribution in [0, 0.1) is 6.92 Å². The maximum absolute atomic E-state index is 12.8. The zero-order valence-corrected chi connectivity index (χ0v) is 17.8. The van der Waals surface area contributed by atoms with Crippen LogP contribution in [0.4, 0.5) is 0 Å². The predicted octanol–water partition coefficient (Wildman–Crippen LogP) is 2.37. The number of ether oxygens (including phenoxy) is 1. The Morgan fingerprint density at radius 1 is 1.00 bits per heavy atom. The van der Waals surface area contributed by atoms with Crippen molar-refractivity contribution in [3.63, 3.8) is 0 Å². The Kier molecular flexibility index (Phi) is 7.05. The summed E-state index contributed by atoms with van der Waals surface area (Å²) in [5.41, 5.74) is 3.12. The molecule has 0 bridgehead atoms. The van der Waals surface area contributed by atoms with Crippen molar-refractivity contribution in [1.29, 1.82) is 0 Å². The Labute approximate surface area is 173 Å². The largest absolute Gasteiger partial charge is 0.384 e. The van der Waals surface area contributed by atoms with Crippen LogP contribution in [-0.2, 0) is 21.1 Å². The normalized spacial score (nSPS) is 15.4. The first-order chi connectivity index (χ1) is 13.9. The van der Waals surface area contributed by atoms with E-state index in [0.29, 0.717) is 18.7 Å². The Hall–Kier alpha value is -2.22. The predicted molar refractivity (Wildman–Crippen MR) is 113 cm³/mol. The minimum absolute atomic E-state index is 0.0543. The summed E-state index contributed by atoms with van der Waals surface area (Å²) in [5.74, 6) is -0.124. The highest BCUT2D eigenvalue weighted by molar-refractivity contribution is 7.91. The molecule has 29 heavy (non-hydrogen) atoms. The van der Waals surface area contributed by atoms with Gasteiger partial charge in [-0.15, -0.1) is 0 Å². The van der Waals surface area contributed by atoms with E-state index < -0.39 is 9.84 Å².